The number of benzene rings is 1. The lowest BCUT2D eigenvalue weighted by Crippen LogP contribution is -2.40. The normalized spacial score (nSPS) is 18.7. The van der Waals surface area contributed by atoms with E-state index in [9.17, 15) is 14.4 Å². The Labute approximate surface area is 188 Å². The maximum absolute atomic E-state index is 12.8. The monoisotopic (exact) mass is 434 g/mol. The number of hydrogen-bond donors (Lipinski definition) is 1. The molecule has 4 amide bonds. The molecule has 2 aliphatic heterocycles. The maximum atomic E-state index is 12.8. The van der Waals surface area contributed by atoms with Gasteiger partial charge in [0.15, 0.2) is 0 Å². The van der Waals surface area contributed by atoms with Gasteiger partial charge in [0.1, 0.15) is 0 Å². The molecule has 3 heterocycles. The van der Waals surface area contributed by atoms with Gasteiger partial charge in [-0.3, -0.25) is 19.5 Å². The van der Waals surface area contributed by atoms with Gasteiger partial charge in [0.25, 0.3) is 0 Å². The zero-order valence-electron chi connectivity index (χ0n) is 18.5. The van der Waals surface area contributed by atoms with Crippen LogP contribution in [0.2, 0.25) is 0 Å². The molecule has 32 heavy (non-hydrogen) atoms. The quantitative estimate of drug-likeness (QED) is 0.679. The third-order valence-electron chi connectivity index (χ3n) is 6.19. The van der Waals surface area contributed by atoms with E-state index in [1.807, 2.05) is 17.9 Å². The standard InChI is InChI=1S/C25H30N4O3/c1-18-13-20(14-19-7-3-2-4-8-19)15-22(27-18)21-9-5-11-28(17-21)23(30)10-6-12-29-24(31)16-26-25(29)32/h2-4,7-8,13,15,21H,5-6,9-12,14,16-17H2,1H3,(H,26,32)/t21-/m0/s1. The summed E-state index contributed by atoms with van der Waals surface area (Å²) in [5.41, 5.74) is 4.59. The average molecular weight is 435 g/mol. The Morgan fingerprint density at radius 2 is 1.97 bits per heavy atom. The predicted molar refractivity (Wildman–Crippen MR) is 121 cm³/mol. The molecular formula is C25H30N4O3. The minimum absolute atomic E-state index is 0.0519. The Morgan fingerprint density at radius 3 is 2.72 bits per heavy atom. The predicted octanol–water partition coefficient (Wildman–Crippen LogP) is 3.02. The minimum Gasteiger partial charge on any atom is -0.342 e. The van der Waals surface area contributed by atoms with E-state index in [2.05, 4.69) is 41.7 Å². The van der Waals surface area contributed by atoms with Crippen LogP contribution in [0.15, 0.2) is 42.5 Å². The fourth-order valence-corrected chi connectivity index (χ4v) is 4.58. The first-order valence-corrected chi connectivity index (χ1v) is 11.4. The lowest BCUT2D eigenvalue weighted by Gasteiger charge is -2.33. The molecule has 7 heteroatoms. The number of pyridine rings is 1. The van der Waals surface area contributed by atoms with Gasteiger partial charge in [0, 0.05) is 43.4 Å². The molecule has 168 valence electrons. The number of piperidine rings is 1. The van der Waals surface area contributed by atoms with E-state index >= 15 is 0 Å². The molecule has 1 aromatic heterocycles. The molecule has 0 unspecified atom stereocenters. The molecule has 4 rings (SSSR count). The summed E-state index contributed by atoms with van der Waals surface area (Å²) in [6, 6.07) is 14.4. The molecule has 0 saturated carbocycles. The number of aromatic nitrogens is 1. The molecule has 1 atom stereocenters. The third-order valence-corrected chi connectivity index (χ3v) is 6.19. The van der Waals surface area contributed by atoms with E-state index in [1.54, 1.807) is 0 Å². The van der Waals surface area contributed by atoms with Crippen molar-refractivity contribution in [1.82, 2.24) is 20.1 Å². The Morgan fingerprint density at radius 1 is 1.16 bits per heavy atom. The number of aryl methyl sites for hydroxylation is 1. The van der Waals surface area contributed by atoms with E-state index in [0.29, 0.717) is 19.4 Å². The maximum Gasteiger partial charge on any atom is 0.324 e. The number of likely N-dealkylation sites (tertiary alicyclic amines) is 1. The third kappa shape index (κ3) is 5.33. The van der Waals surface area contributed by atoms with Gasteiger partial charge in [-0.15, -0.1) is 0 Å². The Kier molecular flexibility index (Phi) is 6.83. The lowest BCUT2D eigenvalue weighted by molar-refractivity contribution is -0.133. The van der Waals surface area contributed by atoms with Gasteiger partial charge >= 0.3 is 6.03 Å². The van der Waals surface area contributed by atoms with E-state index in [4.69, 9.17) is 4.98 Å². The summed E-state index contributed by atoms with van der Waals surface area (Å²) >= 11 is 0. The highest BCUT2D eigenvalue weighted by atomic mass is 16.2. The average Bonchev–Trinajstić information content (AvgIpc) is 3.11. The van der Waals surface area contributed by atoms with Crippen LogP contribution in [0.1, 0.15) is 54.1 Å². The van der Waals surface area contributed by atoms with E-state index in [1.165, 1.54) is 16.0 Å². The number of carbonyl (C=O) groups excluding carboxylic acids is 3. The number of imide groups is 1. The molecule has 2 saturated heterocycles. The van der Waals surface area contributed by atoms with Gasteiger partial charge in [0.2, 0.25) is 11.8 Å². The number of carbonyl (C=O) groups is 3. The molecule has 2 aliphatic rings. The number of amides is 4. The molecule has 1 N–H and O–H groups in total. The molecule has 2 fully saturated rings. The highest BCUT2D eigenvalue weighted by Gasteiger charge is 2.29. The Bertz CT molecular complexity index is 976. The molecular weight excluding hydrogens is 404 g/mol. The largest absolute Gasteiger partial charge is 0.342 e. The summed E-state index contributed by atoms with van der Waals surface area (Å²) in [5.74, 6) is 0.0873. The SMILES string of the molecule is Cc1cc(Cc2ccccc2)cc([C@H]2CCCN(C(=O)CCCN3C(=O)CNC3=O)C2)n1. The van der Waals surface area contributed by atoms with E-state index in [-0.39, 0.29) is 36.9 Å². The summed E-state index contributed by atoms with van der Waals surface area (Å²) in [4.78, 5) is 44.0. The van der Waals surface area contributed by atoms with E-state index in [0.717, 1.165) is 37.2 Å². The van der Waals surface area contributed by atoms with Gasteiger partial charge in [-0.05, 0) is 55.9 Å². The minimum atomic E-state index is -0.364. The number of nitrogens with zero attached hydrogens (tertiary/aromatic N) is 3. The van der Waals surface area contributed by atoms with Crippen LogP contribution >= 0.6 is 0 Å². The molecule has 7 nitrogen and oxygen atoms in total. The topological polar surface area (TPSA) is 82.6 Å². The summed E-state index contributed by atoms with van der Waals surface area (Å²) < 4.78 is 0. The second-order valence-electron chi connectivity index (χ2n) is 8.69. The number of rotatable bonds is 7. The highest BCUT2D eigenvalue weighted by Crippen LogP contribution is 2.27. The van der Waals surface area contributed by atoms with E-state index < -0.39 is 0 Å². The number of nitrogens with one attached hydrogen (secondary N) is 1. The Hall–Kier alpha value is -3.22. The highest BCUT2D eigenvalue weighted by molar-refractivity contribution is 6.01. The van der Waals surface area contributed by atoms with Crippen LogP contribution in [0.4, 0.5) is 4.79 Å². The van der Waals surface area contributed by atoms with Gasteiger partial charge in [0.05, 0.1) is 6.54 Å². The summed E-state index contributed by atoms with van der Waals surface area (Å²) in [6.45, 7) is 3.79. The van der Waals surface area contributed by atoms with Gasteiger partial charge in [-0.25, -0.2) is 4.79 Å². The fourth-order valence-electron chi connectivity index (χ4n) is 4.58. The van der Waals surface area contributed by atoms with Crippen LogP contribution in [-0.2, 0) is 16.0 Å². The van der Waals surface area contributed by atoms with Gasteiger partial charge < -0.3 is 10.2 Å². The van der Waals surface area contributed by atoms with Crippen molar-refractivity contribution in [2.75, 3.05) is 26.2 Å². The fraction of sp³-hybridized carbons (Fsp3) is 0.440. The van der Waals surface area contributed by atoms with Crippen molar-refractivity contribution >= 4 is 17.8 Å². The molecule has 0 bridgehead atoms. The first-order chi connectivity index (χ1) is 15.5. The first kappa shape index (κ1) is 22.0. The number of hydrogen-bond acceptors (Lipinski definition) is 4. The van der Waals surface area contributed by atoms with Crippen molar-refractivity contribution < 1.29 is 14.4 Å². The van der Waals surface area contributed by atoms with Crippen LogP contribution in [0, 0.1) is 6.92 Å². The van der Waals surface area contributed by atoms with Gasteiger partial charge in [-0.2, -0.15) is 0 Å². The van der Waals surface area contributed by atoms with Crippen LogP contribution in [0.3, 0.4) is 0 Å². The smallest absolute Gasteiger partial charge is 0.324 e. The van der Waals surface area contributed by atoms with Crippen molar-refractivity contribution in [3.8, 4) is 0 Å². The second kappa shape index (κ2) is 9.94. The summed E-state index contributed by atoms with van der Waals surface area (Å²) in [6.07, 6.45) is 3.67. The first-order valence-electron chi connectivity index (χ1n) is 11.4. The molecule has 1 aromatic carbocycles. The van der Waals surface area contributed by atoms with Crippen LogP contribution < -0.4 is 5.32 Å². The van der Waals surface area contributed by atoms with Crippen LogP contribution in [-0.4, -0.2) is 58.8 Å². The van der Waals surface area contributed by atoms with Gasteiger partial charge in [-0.1, -0.05) is 30.3 Å². The van der Waals surface area contributed by atoms with Crippen molar-refractivity contribution in [3.63, 3.8) is 0 Å². The summed E-state index contributed by atoms with van der Waals surface area (Å²) in [7, 11) is 0. The Balaban J connectivity index is 1.35. The van der Waals surface area contributed by atoms with Crippen molar-refractivity contribution in [3.05, 3.63) is 65.0 Å². The number of urea groups is 1. The zero-order chi connectivity index (χ0) is 22.5. The summed E-state index contributed by atoms with van der Waals surface area (Å²) in [5, 5.41) is 2.50. The molecule has 0 aliphatic carbocycles. The van der Waals surface area contributed by atoms with Crippen molar-refractivity contribution in [2.24, 2.45) is 0 Å². The zero-order valence-corrected chi connectivity index (χ0v) is 18.5. The molecule has 0 radical (unpaired) electrons. The van der Waals surface area contributed by atoms with Crippen molar-refractivity contribution in [2.45, 2.75) is 44.9 Å². The second-order valence-corrected chi connectivity index (χ2v) is 8.69. The van der Waals surface area contributed by atoms with Crippen LogP contribution in [0.25, 0.3) is 0 Å². The van der Waals surface area contributed by atoms with Crippen molar-refractivity contribution in [1.29, 1.82) is 0 Å². The van der Waals surface area contributed by atoms with Crippen LogP contribution in [0.5, 0.6) is 0 Å². The lowest BCUT2D eigenvalue weighted by atomic mass is 9.92. The molecule has 0 spiro atoms. The molecule has 2 aromatic rings.